The first-order chi connectivity index (χ1) is 9.57. The van der Waals surface area contributed by atoms with Gasteiger partial charge in [0.25, 0.3) is 0 Å². The third-order valence-electron chi connectivity index (χ3n) is 3.59. The summed E-state index contributed by atoms with van der Waals surface area (Å²) >= 11 is 0. The lowest BCUT2D eigenvalue weighted by Gasteiger charge is -2.17. The molecule has 6 heteroatoms. The van der Waals surface area contributed by atoms with Crippen molar-refractivity contribution in [2.24, 2.45) is 5.92 Å². The molecule has 0 aromatic heterocycles. The van der Waals surface area contributed by atoms with E-state index < -0.39 is 10.0 Å². The van der Waals surface area contributed by atoms with Crippen molar-refractivity contribution in [3.63, 3.8) is 0 Å². The number of hydrogen-bond acceptors (Lipinski definition) is 4. The van der Waals surface area contributed by atoms with Crippen LogP contribution in [0, 0.1) is 5.92 Å². The number of rotatable bonds is 6. The van der Waals surface area contributed by atoms with Gasteiger partial charge >= 0.3 is 0 Å². The Morgan fingerprint density at radius 1 is 1.45 bits per heavy atom. The molecule has 0 bridgehead atoms. The molecule has 1 heterocycles. The standard InChI is InChI=1S/C14H22N2O3S/c1-15-9-13-6-7-16(10-13)20(17,18)14-5-3-4-12(8-14)11-19-2/h3-5,8,13,15H,6-7,9-11H2,1-2H3. The number of benzene rings is 1. The Balaban J connectivity index is 2.16. The minimum atomic E-state index is -3.38. The predicted octanol–water partition coefficient (Wildman–Crippen LogP) is 1.06. The Hall–Kier alpha value is -0.950. The molecule has 112 valence electrons. The van der Waals surface area contributed by atoms with E-state index in [4.69, 9.17) is 4.74 Å². The minimum Gasteiger partial charge on any atom is -0.380 e. The van der Waals surface area contributed by atoms with Crippen molar-refractivity contribution >= 4 is 10.0 Å². The second kappa shape index (κ2) is 6.67. The number of nitrogens with one attached hydrogen (secondary N) is 1. The first kappa shape index (κ1) is 15.4. The molecule has 20 heavy (non-hydrogen) atoms. The number of hydrogen-bond donors (Lipinski definition) is 1. The van der Waals surface area contributed by atoms with E-state index in [-0.39, 0.29) is 0 Å². The summed E-state index contributed by atoms with van der Waals surface area (Å²) in [6, 6.07) is 6.99. The lowest BCUT2D eigenvalue weighted by molar-refractivity contribution is 0.184. The third-order valence-corrected chi connectivity index (χ3v) is 5.45. The van der Waals surface area contributed by atoms with E-state index in [1.807, 2.05) is 13.1 Å². The van der Waals surface area contributed by atoms with E-state index in [1.165, 1.54) is 0 Å². The fraction of sp³-hybridized carbons (Fsp3) is 0.571. The van der Waals surface area contributed by atoms with E-state index in [2.05, 4.69) is 5.32 Å². The summed E-state index contributed by atoms with van der Waals surface area (Å²) < 4.78 is 31.8. The Morgan fingerprint density at radius 3 is 2.95 bits per heavy atom. The van der Waals surface area contributed by atoms with E-state index in [1.54, 1.807) is 29.6 Å². The van der Waals surface area contributed by atoms with Gasteiger partial charge in [-0.3, -0.25) is 0 Å². The van der Waals surface area contributed by atoms with E-state index in [9.17, 15) is 8.42 Å². The van der Waals surface area contributed by atoms with Crippen LogP contribution in [0.5, 0.6) is 0 Å². The van der Waals surface area contributed by atoms with Gasteiger partial charge in [-0.25, -0.2) is 8.42 Å². The molecule has 2 rings (SSSR count). The Labute approximate surface area is 121 Å². The molecule has 5 nitrogen and oxygen atoms in total. The molecule has 0 saturated carbocycles. The average molecular weight is 298 g/mol. The summed E-state index contributed by atoms with van der Waals surface area (Å²) in [5.74, 6) is 0.400. The van der Waals surface area contributed by atoms with Crippen molar-refractivity contribution in [3.8, 4) is 0 Å². The van der Waals surface area contributed by atoms with Gasteiger partial charge in [-0.2, -0.15) is 4.31 Å². The zero-order valence-corrected chi connectivity index (χ0v) is 12.8. The smallest absolute Gasteiger partial charge is 0.243 e. The first-order valence-corrected chi connectivity index (χ1v) is 8.24. The van der Waals surface area contributed by atoms with Crippen LogP contribution in [-0.4, -0.2) is 46.5 Å². The van der Waals surface area contributed by atoms with Crippen LogP contribution < -0.4 is 5.32 Å². The first-order valence-electron chi connectivity index (χ1n) is 6.80. The van der Waals surface area contributed by atoms with E-state index in [0.29, 0.717) is 30.5 Å². The summed E-state index contributed by atoms with van der Waals surface area (Å²) in [5, 5.41) is 3.11. The van der Waals surface area contributed by atoms with Crippen LogP contribution in [0.25, 0.3) is 0 Å². The number of nitrogens with zero attached hydrogens (tertiary/aromatic N) is 1. The van der Waals surface area contributed by atoms with Crippen molar-refractivity contribution in [3.05, 3.63) is 29.8 Å². The minimum absolute atomic E-state index is 0.358. The average Bonchev–Trinajstić information content (AvgIpc) is 2.89. The van der Waals surface area contributed by atoms with Crippen LogP contribution in [0.15, 0.2) is 29.2 Å². The maximum atomic E-state index is 12.6. The lowest BCUT2D eigenvalue weighted by atomic mass is 10.1. The van der Waals surface area contributed by atoms with Gasteiger partial charge in [-0.05, 0) is 43.6 Å². The molecule has 1 atom stereocenters. The fourth-order valence-electron chi connectivity index (χ4n) is 2.58. The van der Waals surface area contributed by atoms with Gasteiger partial charge in [0.2, 0.25) is 10.0 Å². The molecule has 0 amide bonds. The molecule has 0 aliphatic carbocycles. The van der Waals surface area contributed by atoms with Gasteiger partial charge in [-0.1, -0.05) is 12.1 Å². The van der Waals surface area contributed by atoms with Crippen molar-refractivity contribution in [2.45, 2.75) is 17.9 Å². The Morgan fingerprint density at radius 2 is 2.25 bits per heavy atom. The number of sulfonamides is 1. The number of ether oxygens (including phenoxy) is 1. The summed E-state index contributed by atoms with van der Waals surface area (Å²) in [6.07, 6.45) is 0.915. The summed E-state index contributed by atoms with van der Waals surface area (Å²) in [6.45, 7) is 2.47. The third kappa shape index (κ3) is 3.38. The van der Waals surface area contributed by atoms with Crippen molar-refractivity contribution in [1.82, 2.24) is 9.62 Å². The monoisotopic (exact) mass is 298 g/mol. The maximum Gasteiger partial charge on any atom is 0.243 e. The van der Waals surface area contributed by atoms with Crippen LogP contribution in [0.1, 0.15) is 12.0 Å². The highest BCUT2D eigenvalue weighted by Gasteiger charge is 2.32. The summed E-state index contributed by atoms with van der Waals surface area (Å²) in [4.78, 5) is 0.358. The van der Waals surface area contributed by atoms with Crippen molar-refractivity contribution in [1.29, 1.82) is 0 Å². The molecular weight excluding hydrogens is 276 g/mol. The molecule has 0 radical (unpaired) electrons. The molecule has 1 aliphatic rings. The Kier molecular flexibility index (Phi) is 5.15. The molecule has 1 aliphatic heterocycles. The molecule has 1 saturated heterocycles. The highest BCUT2D eigenvalue weighted by atomic mass is 32.2. The topological polar surface area (TPSA) is 58.6 Å². The van der Waals surface area contributed by atoms with Crippen LogP contribution in [0.4, 0.5) is 0 Å². The highest BCUT2D eigenvalue weighted by Crippen LogP contribution is 2.24. The zero-order valence-electron chi connectivity index (χ0n) is 12.0. The van der Waals surface area contributed by atoms with Gasteiger partial charge < -0.3 is 10.1 Å². The molecule has 1 N–H and O–H groups in total. The van der Waals surface area contributed by atoms with Gasteiger partial charge in [0.15, 0.2) is 0 Å². The van der Waals surface area contributed by atoms with Crippen molar-refractivity contribution < 1.29 is 13.2 Å². The van der Waals surface area contributed by atoms with Gasteiger partial charge in [0, 0.05) is 20.2 Å². The maximum absolute atomic E-state index is 12.6. The normalized spacial score (nSPS) is 20.4. The molecule has 1 aromatic carbocycles. The van der Waals surface area contributed by atoms with Crippen LogP contribution in [0.2, 0.25) is 0 Å². The second-order valence-corrected chi connectivity index (χ2v) is 7.09. The highest BCUT2D eigenvalue weighted by molar-refractivity contribution is 7.89. The number of methoxy groups -OCH3 is 1. The summed E-state index contributed by atoms with van der Waals surface area (Å²) in [7, 11) is 0.115. The van der Waals surface area contributed by atoms with Gasteiger partial charge in [0.05, 0.1) is 11.5 Å². The fourth-order valence-corrected chi connectivity index (χ4v) is 4.18. The van der Waals surface area contributed by atoms with Gasteiger partial charge in [-0.15, -0.1) is 0 Å². The molecular formula is C14H22N2O3S. The van der Waals surface area contributed by atoms with E-state index >= 15 is 0 Å². The lowest BCUT2D eigenvalue weighted by Crippen LogP contribution is -2.30. The van der Waals surface area contributed by atoms with E-state index in [0.717, 1.165) is 18.5 Å². The molecule has 0 spiro atoms. The zero-order chi connectivity index (χ0) is 14.6. The predicted molar refractivity (Wildman–Crippen MR) is 77.9 cm³/mol. The largest absolute Gasteiger partial charge is 0.380 e. The van der Waals surface area contributed by atoms with Crippen LogP contribution >= 0.6 is 0 Å². The second-order valence-electron chi connectivity index (χ2n) is 5.16. The molecule has 1 aromatic rings. The SMILES string of the molecule is CNCC1CCN(S(=O)(=O)c2cccc(COC)c2)C1. The molecule has 1 unspecified atom stereocenters. The van der Waals surface area contributed by atoms with Crippen LogP contribution in [0.3, 0.4) is 0 Å². The van der Waals surface area contributed by atoms with Gasteiger partial charge in [0.1, 0.15) is 0 Å². The summed E-state index contributed by atoms with van der Waals surface area (Å²) in [5.41, 5.74) is 0.875. The quantitative estimate of drug-likeness (QED) is 0.853. The Bertz CT molecular complexity index is 545. The van der Waals surface area contributed by atoms with Crippen LogP contribution in [-0.2, 0) is 21.4 Å². The molecule has 1 fully saturated rings. The van der Waals surface area contributed by atoms with Crippen molar-refractivity contribution in [2.75, 3.05) is 33.8 Å².